The highest BCUT2D eigenvalue weighted by Crippen LogP contribution is 2.42. The number of hydrogen-bond acceptors (Lipinski definition) is 5. The number of rotatable bonds is 4. The summed E-state index contributed by atoms with van der Waals surface area (Å²) in [6.45, 7) is 1.60. The standard InChI is InChI=1S/C15H23NO4/c1-16-6-5-11(12(17)9-16)15-13(19-3)7-10(18-2)8-14(15)20-4/h7-8,11-12,17H,5-6,9H2,1-4H3/t11?,12-/m1/s1. The van der Waals surface area contributed by atoms with Gasteiger partial charge < -0.3 is 24.2 Å². The molecular formula is C15H23NO4. The van der Waals surface area contributed by atoms with E-state index in [1.54, 1.807) is 21.3 Å². The van der Waals surface area contributed by atoms with E-state index < -0.39 is 6.10 Å². The number of likely N-dealkylation sites (tertiary alicyclic amines) is 1. The first-order valence-corrected chi connectivity index (χ1v) is 6.77. The van der Waals surface area contributed by atoms with Crippen LogP contribution >= 0.6 is 0 Å². The lowest BCUT2D eigenvalue weighted by molar-refractivity contribution is 0.0619. The Hall–Kier alpha value is -1.46. The zero-order valence-electron chi connectivity index (χ0n) is 12.5. The maximum atomic E-state index is 10.4. The lowest BCUT2D eigenvalue weighted by atomic mass is 9.86. The highest BCUT2D eigenvalue weighted by Gasteiger charge is 2.32. The second-order valence-corrected chi connectivity index (χ2v) is 5.17. The third-order valence-electron chi connectivity index (χ3n) is 3.91. The van der Waals surface area contributed by atoms with Crippen LogP contribution in [0.15, 0.2) is 12.1 Å². The predicted molar refractivity (Wildman–Crippen MR) is 77.0 cm³/mol. The van der Waals surface area contributed by atoms with Gasteiger partial charge in [0.15, 0.2) is 0 Å². The average Bonchev–Trinajstić information content (AvgIpc) is 2.46. The fourth-order valence-corrected chi connectivity index (χ4v) is 2.82. The maximum Gasteiger partial charge on any atom is 0.129 e. The summed E-state index contributed by atoms with van der Waals surface area (Å²) in [5, 5.41) is 10.4. The lowest BCUT2D eigenvalue weighted by Crippen LogP contribution is -2.40. The van der Waals surface area contributed by atoms with E-state index >= 15 is 0 Å². The Morgan fingerprint density at radius 1 is 1.10 bits per heavy atom. The summed E-state index contributed by atoms with van der Waals surface area (Å²) in [7, 11) is 6.87. The molecule has 2 atom stereocenters. The Bertz CT molecular complexity index is 438. The molecule has 2 rings (SSSR count). The molecule has 5 nitrogen and oxygen atoms in total. The molecular weight excluding hydrogens is 258 g/mol. The summed E-state index contributed by atoms with van der Waals surface area (Å²) in [6, 6.07) is 3.67. The summed E-state index contributed by atoms with van der Waals surface area (Å²) in [6.07, 6.45) is 0.446. The van der Waals surface area contributed by atoms with E-state index in [9.17, 15) is 5.11 Å². The van der Waals surface area contributed by atoms with Crippen LogP contribution in [-0.2, 0) is 0 Å². The average molecular weight is 281 g/mol. The molecule has 1 aliphatic rings. The fourth-order valence-electron chi connectivity index (χ4n) is 2.82. The predicted octanol–water partition coefficient (Wildman–Crippen LogP) is 1.49. The zero-order chi connectivity index (χ0) is 14.7. The van der Waals surface area contributed by atoms with Gasteiger partial charge in [0.2, 0.25) is 0 Å². The van der Waals surface area contributed by atoms with Crippen molar-refractivity contribution >= 4 is 0 Å². The number of likely N-dealkylation sites (N-methyl/N-ethyl adjacent to an activating group) is 1. The van der Waals surface area contributed by atoms with Crippen molar-refractivity contribution in [1.29, 1.82) is 0 Å². The van der Waals surface area contributed by atoms with Crippen molar-refractivity contribution < 1.29 is 19.3 Å². The molecule has 0 saturated carbocycles. The van der Waals surface area contributed by atoms with Crippen LogP contribution < -0.4 is 14.2 Å². The van der Waals surface area contributed by atoms with E-state index in [1.807, 2.05) is 19.2 Å². The topological polar surface area (TPSA) is 51.2 Å². The third-order valence-corrected chi connectivity index (χ3v) is 3.91. The number of methoxy groups -OCH3 is 3. The molecule has 1 aromatic carbocycles. The zero-order valence-corrected chi connectivity index (χ0v) is 12.5. The summed E-state index contributed by atoms with van der Waals surface area (Å²) >= 11 is 0. The largest absolute Gasteiger partial charge is 0.496 e. The van der Waals surface area contributed by atoms with Gasteiger partial charge in [-0.3, -0.25) is 0 Å². The van der Waals surface area contributed by atoms with Crippen molar-refractivity contribution in [1.82, 2.24) is 4.90 Å². The number of nitrogens with zero attached hydrogens (tertiary/aromatic N) is 1. The van der Waals surface area contributed by atoms with Gasteiger partial charge in [-0.15, -0.1) is 0 Å². The van der Waals surface area contributed by atoms with Crippen molar-refractivity contribution in [2.45, 2.75) is 18.4 Å². The minimum atomic E-state index is -0.426. The van der Waals surface area contributed by atoms with E-state index in [-0.39, 0.29) is 5.92 Å². The van der Waals surface area contributed by atoms with Crippen LogP contribution in [0.3, 0.4) is 0 Å². The molecule has 1 aliphatic heterocycles. The minimum Gasteiger partial charge on any atom is -0.496 e. The maximum absolute atomic E-state index is 10.4. The molecule has 0 amide bonds. The molecule has 1 fully saturated rings. The third kappa shape index (κ3) is 2.83. The van der Waals surface area contributed by atoms with E-state index in [0.29, 0.717) is 23.8 Å². The van der Waals surface area contributed by atoms with E-state index in [0.717, 1.165) is 18.5 Å². The molecule has 1 N–H and O–H groups in total. The van der Waals surface area contributed by atoms with Crippen molar-refractivity contribution in [2.24, 2.45) is 0 Å². The van der Waals surface area contributed by atoms with Crippen molar-refractivity contribution in [3.63, 3.8) is 0 Å². The number of hydrogen-bond donors (Lipinski definition) is 1. The first-order chi connectivity index (χ1) is 9.60. The van der Waals surface area contributed by atoms with Crippen LogP contribution in [0.1, 0.15) is 17.9 Å². The molecule has 1 saturated heterocycles. The van der Waals surface area contributed by atoms with Crippen LogP contribution in [0.25, 0.3) is 0 Å². The summed E-state index contributed by atoms with van der Waals surface area (Å²) in [5.74, 6) is 2.11. The number of aliphatic hydroxyl groups is 1. The second-order valence-electron chi connectivity index (χ2n) is 5.17. The van der Waals surface area contributed by atoms with Gasteiger partial charge in [-0.05, 0) is 20.0 Å². The molecule has 1 aromatic rings. The van der Waals surface area contributed by atoms with Gasteiger partial charge in [-0.2, -0.15) is 0 Å². The van der Waals surface area contributed by atoms with Crippen LogP contribution in [0.2, 0.25) is 0 Å². The normalized spacial score (nSPS) is 23.4. The van der Waals surface area contributed by atoms with Crippen molar-refractivity contribution in [3.05, 3.63) is 17.7 Å². The molecule has 5 heteroatoms. The Kier molecular flexibility index (Phi) is 4.73. The summed E-state index contributed by atoms with van der Waals surface area (Å²) < 4.78 is 16.2. The molecule has 1 heterocycles. The SMILES string of the molecule is COc1cc(OC)c(C2CCN(C)C[C@H]2O)c(OC)c1. The minimum absolute atomic E-state index is 0.0157. The van der Waals surface area contributed by atoms with Crippen molar-refractivity contribution in [3.8, 4) is 17.2 Å². The monoisotopic (exact) mass is 281 g/mol. The lowest BCUT2D eigenvalue weighted by Gasteiger charge is -2.35. The summed E-state index contributed by atoms with van der Waals surface area (Å²) in [4.78, 5) is 2.13. The van der Waals surface area contributed by atoms with Crippen LogP contribution in [-0.4, -0.2) is 57.6 Å². The van der Waals surface area contributed by atoms with Gasteiger partial charge in [0.05, 0.1) is 27.4 Å². The van der Waals surface area contributed by atoms with E-state index in [1.165, 1.54) is 0 Å². The van der Waals surface area contributed by atoms with Gasteiger partial charge in [-0.25, -0.2) is 0 Å². The van der Waals surface area contributed by atoms with Gasteiger partial charge in [-0.1, -0.05) is 0 Å². The van der Waals surface area contributed by atoms with Gasteiger partial charge in [0, 0.05) is 30.2 Å². The Morgan fingerprint density at radius 3 is 2.15 bits per heavy atom. The van der Waals surface area contributed by atoms with Crippen molar-refractivity contribution in [2.75, 3.05) is 41.5 Å². The highest BCUT2D eigenvalue weighted by molar-refractivity contribution is 5.53. The first kappa shape index (κ1) is 14.9. The van der Waals surface area contributed by atoms with Crippen LogP contribution in [0, 0.1) is 0 Å². The number of benzene rings is 1. The first-order valence-electron chi connectivity index (χ1n) is 6.77. The molecule has 0 spiro atoms. The van der Waals surface area contributed by atoms with Gasteiger partial charge in [0.25, 0.3) is 0 Å². The summed E-state index contributed by atoms with van der Waals surface area (Å²) in [5.41, 5.74) is 0.927. The molecule has 0 radical (unpaired) electrons. The second kappa shape index (κ2) is 6.33. The van der Waals surface area contributed by atoms with Gasteiger partial charge >= 0.3 is 0 Å². The highest BCUT2D eigenvalue weighted by atomic mass is 16.5. The van der Waals surface area contributed by atoms with Crippen LogP contribution in [0.5, 0.6) is 17.2 Å². The molecule has 0 aliphatic carbocycles. The Balaban J connectivity index is 2.43. The van der Waals surface area contributed by atoms with E-state index in [4.69, 9.17) is 14.2 Å². The molecule has 20 heavy (non-hydrogen) atoms. The molecule has 0 aromatic heterocycles. The van der Waals surface area contributed by atoms with Crippen LogP contribution in [0.4, 0.5) is 0 Å². The number of piperidine rings is 1. The molecule has 0 bridgehead atoms. The number of ether oxygens (including phenoxy) is 3. The molecule has 1 unspecified atom stereocenters. The van der Waals surface area contributed by atoms with E-state index in [2.05, 4.69) is 4.90 Å². The Morgan fingerprint density at radius 2 is 1.70 bits per heavy atom. The smallest absolute Gasteiger partial charge is 0.129 e. The quantitative estimate of drug-likeness (QED) is 0.906. The number of aliphatic hydroxyl groups excluding tert-OH is 1. The fraction of sp³-hybridized carbons (Fsp3) is 0.600. The molecule has 112 valence electrons. The number of β-amino-alcohol motifs (C(OH)–C–C–N with tert-alkyl or cyclic N) is 1. The van der Waals surface area contributed by atoms with Gasteiger partial charge in [0.1, 0.15) is 17.2 Å². The Labute approximate surface area is 120 Å².